The van der Waals surface area contributed by atoms with Crippen LogP contribution in [-0.4, -0.2) is 29.4 Å². The fourth-order valence-corrected chi connectivity index (χ4v) is 1.53. The van der Waals surface area contributed by atoms with Gasteiger partial charge in [-0.05, 0) is 12.0 Å². The fourth-order valence-electron chi connectivity index (χ4n) is 1.23. The van der Waals surface area contributed by atoms with Crippen molar-refractivity contribution in [3.63, 3.8) is 0 Å². The summed E-state index contributed by atoms with van der Waals surface area (Å²) in [4.78, 5) is 11.4. The van der Waals surface area contributed by atoms with Crippen molar-refractivity contribution in [3.8, 4) is 0 Å². The van der Waals surface area contributed by atoms with Crippen molar-refractivity contribution in [3.05, 3.63) is 35.9 Å². The van der Waals surface area contributed by atoms with E-state index in [1.165, 1.54) is 0 Å². The van der Waals surface area contributed by atoms with Gasteiger partial charge in [0.25, 0.3) is 0 Å². The van der Waals surface area contributed by atoms with Gasteiger partial charge >= 0.3 is 0 Å². The second-order valence-electron chi connectivity index (χ2n) is 3.22. The van der Waals surface area contributed by atoms with Gasteiger partial charge in [-0.2, -0.15) is 12.6 Å². The normalized spacial score (nSPS) is 12.1. The quantitative estimate of drug-likeness (QED) is 0.644. The Morgan fingerprint density at radius 3 is 2.67 bits per heavy atom. The Morgan fingerprint density at radius 2 is 2.07 bits per heavy atom. The Balaban J connectivity index is 2.41. The summed E-state index contributed by atoms with van der Waals surface area (Å²) in [5.74, 6) is -0.142. The standard InChI is InChI=1S/C11H15NO2S/c13-7-6-12-11(14)10(15)8-9-4-2-1-3-5-9/h1-5,10,13,15H,6-8H2,(H,12,14). The Hall–Kier alpha value is -1.00. The van der Waals surface area contributed by atoms with Crippen LogP contribution in [-0.2, 0) is 11.2 Å². The zero-order chi connectivity index (χ0) is 11.1. The van der Waals surface area contributed by atoms with Gasteiger partial charge in [-0.1, -0.05) is 30.3 Å². The molecule has 0 spiro atoms. The first kappa shape index (κ1) is 12.1. The summed E-state index contributed by atoms with van der Waals surface area (Å²) in [6.45, 7) is 0.238. The highest BCUT2D eigenvalue weighted by atomic mass is 32.1. The Bertz CT molecular complexity index is 303. The van der Waals surface area contributed by atoms with E-state index in [1.807, 2.05) is 30.3 Å². The number of rotatable bonds is 5. The average molecular weight is 225 g/mol. The molecule has 2 N–H and O–H groups in total. The van der Waals surface area contributed by atoms with E-state index in [9.17, 15) is 4.79 Å². The van der Waals surface area contributed by atoms with Crippen LogP contribution in [0.1, 0.15) is 5.56 Å². The molecule has 1 aromatic rings. The van der Waals surface area contributed by atoms with Gasteiger partial charge in [-0.3, -0.25) is 4.79 Å². The van der Waals surface area contributed by atoms with Crippen LogP contribution < -0.4 is 5.32 Å². The number of thiol groups is 1. The van der Waals surface area contributed by atoms with Crippen molar-refractivity contribution < 1.29 is 9.90 Å². The maximum atomic E-state index is 11.4. The summed E-state index contributed by atoms with van der Waals surface area (Å²) in [7, 11) is 0. The van der Waals surface area contributed by atoms with Gasteiger partial charge in [0.1, 0.15) is 0 Å². The number of hydrogen-bond acceptors (Lipinski definition) is 3. The maximum absolute atomic E-state index is 11.4. The molecule has 0 aromatic heterocycles. The predicted octanol–water partition coefficient (Wildman–Crippen LogP) is 0.636. The number of amides is 1. The molecule has 1 rings (SSSR count). The van der Waals surface area contributed by atoms with E-state index in [2.05, 4.69) is 17.9 Å². The number of hydrogen-bond donors (Lipinski definition) is 3. The molecular formula is C11H15NO2S. The zero-order valence-corrected chi connectivity index (χ0v) is 9.28. The second-order valence-corrected chi connectivity index (χ2v) is 3.84. The van der Waals surface area contributed by atoms with Gasteiger partial charge in [0.05, 0.1) is 11.9 Å². The lowest BCUT2D eigenvalue weighted by Crippen LogP contribution is -2.34. The molecule has 0 aliphatic heterocycles. The fraction of sp³-hybridized carbons (Fsp3) is 0.364. The van der Waals surface area contributed by atoms with E-state index in [1.54, 1.807) is 0 Å². The molecule has 0 fully saturated rings. The Kier molecular flexibility index (Phi) is 5.21. The van der Waals surface area contributed by atoms with Crippen LogP contribution >= 0.6 is 12.6 Å². The monoisotopic (exact) mass is 225 g/mol. The maximum Gasteiger partial charge on any atom is 0.233 e. The van der Waals surface area contributed by atoms with Gasteiger partial charge in [-0.15, -0.1) is 0 Å². The van der Waals surface area contributed by atoms with E-state index in [0.29, 0.717) is 6.42 Å². The summed E-state index contributed by atoms with van der Waals surface area (Å²) in [5, 5.41) is 10.8. The average Bonchev–Trinajstić information content (AvgIpc) is 2.27. The summed E-state index contributed by atoms with van der Waals surface area (Å²) in [5.41, 5.74) is 1.08. The molecule has 3 nitrogen and oxygen atoms in total. The van der Waals surface area contributed by atoms with E-state index in [-0.39, 0.29) is 24.3 Å². The van der Waals surface area contributed by atoms with Gasteiger partial charge in [-0.25, -0.2) is 0 Å². The van der Waals surface area contributed by atoms with Crippen LogP contribution in [0.4, 0.5) is 0 Å². The molecule has 0 bridgehead atoms. The van der Waals surface area contributed by atoms with E-state index < -0.39 is 0 Å². The molecule has 0 saturated carbocycles. The topological polar surface area (TPSA) is 49.3 Å². The van der Waals surface area contributed by atoms with Gasteiger partial charge in [0.2, 0.25) is 5.91 Å². The lowest BCUT2D eigenvalue weighted by Gasteiger charge is -2.10. The van der Waals surface area contributed by atoms with E-state index >= 15 is 0 Å². The SMILES string of the molecule is O=C(NCCO)C(S)Cc1ccccc1. The third-order valence-electron chi connectivity index (χ3n) is 1.99. The summed E-state index contributed by atoms with van der Waals surface area (Å²) >= 11 is 4.22. The molecule has 0 aliphatic rings. The summed E-state index contributed by atoms with van der Waals surface area (Å²) in [6.07, 6.45) is 0.598. The molecule has 0 aliphatic carbocycles. The molecule has 1 unspecified atom stereocenters. The van der Waals surface area contributed by atoms with Gasteiger partial charge in [0, 0.05) is 6.54 Å². The number of aliphatic hydroxyl groups excluding tert-OH is 1. The molecule has 0 saturated heterocycles. The third-order valence-corrected chi connectivity index (χ3v) is 2.40. The second kappa shape index (κ2) is 6.48. The van der Waals surface area contributed by atoms with Crippen LogP contribution in [0.25, 0.3) is 0 Å². The van der Waals surface area contributed by atoms with Crippen molar-refractivity contribution in [1.29, 1.82) is 0 Å². The predicted molar refractivity (Wildman–Crippen MR) is 63.0 cm³/mol. The lowest BCUT2D eigenvalue weighted by atomic mass is 10.1. The van der Waals surface area contributed by atoms with Crippen molar-refractivity contribution in [2.45, 2.75) is 11.7 Å². The van der Waals surface area contributed by atoms with Crippen LogP contribution in [0.3, 0.4) is 0 Å². The number of benzene rings is 1. The molecule has 4 heteroatoms. The highest BCUT2D eigenvalue weighted by Gasteiger charge is 2.13. The minimum Gasteiger partial charge on any atom is -0.395 e. The molecule has 0 radical (unpaired) electrons. The van der Waals surface area contributed by atoms with Crippen LogP contribution in [0.2, 0.25) is 0 Å². The molecular weight excluding hydrogens is 210 g/mol. The van der Waals surface area contributed by atoms with Gasteiger partial charge < -0.3 is 10.4 Å². The van der Waals surface area contributed by atoms with Crippen molar-refractivity contribution in [1.82, 2.24) is 5.32 Å². The van der Waals surface area contributed by atoms with Crippen molar-refractivity contribution in [2.75, 3.05) is 13.2 Å². The minimum absolute atomic E-state index is 0.0441. The minimum atomic E-state index is -0.362. The first-order chi connectivity index (χ1) is 7.24. The van der Waals surface area contributed by atoms with E-state index in [0.717, 1.165) is 5.56 Å². The first-order valence-electron chi connectivity index (χ1n) is 4.84. The first-order valence-corrected chi connectivity index (χ1v) is 5.36. The molecule has 82 valence electrons. The van der Waals surface area contributed by atoms with Crippen LogP contribution in [0.15, 0.2) is 30.3 Å². The van der Waals surface area contributed by atoms with Crippen molar-refractivity contribution in [2.24, 2.45) is 0 Å². The summed E-state index contributed by atoms with van der Waals surface area (Å²) in [6, 6.07) is 9.72. The summed E-state index contributed by atoms with van der Waals surface area (Å²) < 4.78 is 0. The Labute approximate surface area is 94.9 Å². The van der Waals surface area contributed by atoms with Crippen LogP contribution in [0.5, 0.6) is 0 Å². The van der Waals surface area contributed by atoms with Crippen LogP contribution in [0, 0.1) is 0 Å². The highest BCUT2D eigenvalue weighted by Crippen LogP contribution is 2.07. The lowest BCUT2D eigenvalue weighted by molar-refractivity contribution is -0.120. The molecule has 1 atom stereocenters. The highest BCUT2D eigenvalue weighted by molar-refractivity contribution is 7.81. The van der Waals surface area contributed by atoms with E-state index in [4.69, 9.17) is 5.11 Å². The number of carbonyl (C=O) groups is 1. The number of carbonyl (C=O) groups excluding carboxylic acids is 1. The zero-order valence-electron chi connectivity index (χ0n) is 8.39. The molecule has 1 amide bonds. The van der Waals surface area contributed by atoms with Crippen molar-refractivity contribution >= 4 is 18.5 Å². The van der Waals surface area contributed by atoms with Gasteiger partial charge in [0.15, 0.2) is 0 Å². The molecule has 0 heterocycles. The molecule has 15 heavy (non-hydrogen) atoms. The Morgan fingerprint density at radius 1 is 1.40 bits per heavy atom. The molecule has 1 aromatic carbocycles. The number of nitrogens with one attached hydrogen (secondary N) is 1. The smallest absolute Gasteiger partial charge is 0.233 e. The number of aliphatic hydroxyl groups is 1. The largest absolute Gasteiger partial charge is 0.395 e. The third kappa shape index (κ3) is 4.36.